The van der Waals surface area contributed by atoms with Crippen molar-refractivity contribution in [3.63, 3.8) is 0 Å². The number of rotatable bonds is 5. The topological polar surface area (TPSA) is 58.2 Å². The molecule has 0 saturated carbocycles. The van der Waals surface area contributed by atoms with Crippen LogP contribution in [-0.2, 0) is 4.79 Å². The highest BCUT2D eigenvalue weighted by Crippen LogP contribution is 2.30. The summed E-state index contributed by atoms with van der Waals surface area (Å²) in [5.41, 5.74) is 3.81. The molecule has 0 fully saturated rings. The maximum absolute atomic E-state index is 12.6. The molecule has 0 aliphatic rings. The first kappa shape index (κ1) is 17.3. The lowest BCUT2D eigenvalue weighted by atomic mass is 9.95. The van der Waals surface area contributed by atoms with Crippen LogP contribution in [0.2, 0.25) is 5.02 Å². The molecule has 1 amide bonds. The summed E-state index contributed by atoms with van der Waals surface area (Å²) in [7, 11) is 3.31. The van der Waals surface area contributed by atoms with Crippen molar-refractivity contribution < 1.29 is 9.53 Å². The maximum Gasteiger partial charge on any atom is 0.227 e. The lowest BCUT2D eigenvalue weighted by Crippen LogP contribution is -2.27. The molecule has 124 valence electrons. The average molecular weight is 336 g/mol. The highest BCUT2D eigenvalue weighted by atomic mass is 35.5. The van der Waals surface area contributed by atoms with Crippen molar-refractivity contribution in [3.8, 4) is 5.75 Å². The summed E-state index contributed by atoms with van der Waals surface area (Å²) in [4.78, 5) is 14.2. The fourth-order valence-electron chi connectivity index (χ4n) is 2.79. The third-order valence-electron chi connectivity index (χ3n) is 4.06. The van der Waals surface area contributed by atoms with E-state index in [2.05, 4.69) is 10.2 Å². The molecule has 0 aliphatic heterocycles. The Morgan fingerprint density at radius 1 is 1.43 bits per heavy atom. The number of aromatic nitrogens is 2. The second-order valence-electron chi connectivity index (χ2n) is 5.72. The van der Waals surface area contributed by atoms with Crippen LogP contribution in [0.1, 0.15) is 36.2 Å². The predicted octanol–water partition coefficient (Wildman–Crippen LogP) is 3.85. The van der Waals surface area contributed by atoms with Gasteiger partial charge in [0.05, 0.1) is 17.8 Å². The van der Waals surface area contributed by atoms with Crippen molar-refractivity contribution in [3.05, 3.63) is 40.2 Å². The number of carbonyl (C=O) groups excluding carboxylic acids is 1. The van der Waals surface area contributed by atoms with Crippen molar-refractivity contribution in [1.82, 2.24) is 10.2 Å². The molecular formula is C17H22ClN3O2. The number of hydrogen-bond donors (Lipinski definition) is 1. The van der Waals surface area contributed by atoms with Gasteiger partial charge >= 0.3 is 0 Å². The summed E-state index contributed by atoms with van der Waals surface area (Å²) in [5, 5.41) is 7.65. The Hall–Kier alpha value is -2.01. The molecule has 0 saturated heterocycles. The van der Waals surface area contributed by atoms with Gasteiger partial charge in [0.15, 0.2) is 0 Å². The maximum atomic E-state index is 12.6. The van der Waals surface area contributed by atoms with Crippen LogP contribution >= 0.6 is 11.6 Å². The minimum atomic E-state index is 0.0266. The zero-order chi connectivity index (χ0) is 17.1. The van der Waals surface area contributed by atoms with Crippen molar-refractivity contribution in [1.29, 1.82) is 0 Å². The number of nitrogens with one attached hydrogen (secondary N) is 1. The van der Waals surface area contributed by atoms with Gasteiger partial charge in [0.2, 0.25) is 5.91 Å². The van der Waals surface area contributed by atoms with E-state index < -0.39 is 0 Å². The van der Waals surface area contributed by atoms with E-state index in [0.717, 1.165) is 22.6 Å². The SMILES string of the molecule is COc1ccc(N(C)C(=O)CC(C)c2c(C)n[nH]c2C)cc1Cl. The number of anilines is 1. The summed E-state index contributed by atoms with van der Waals surface area (Å²) >= 11 is 6.13. The van der Waals surface area contributed by atoms with Gasteiger partial charge in [-0.25, -0.2) is 0 Å². The Labute approximate surface area is 141 Å². The number of H-pyrrole nitrogens is 1. The van der Waals surface area contributed by atoms with Crippen LogP contribution in [0.3, 0.4) is 0 Å². The van der Waals surface area contributed by atoms with Gasteiger partial charge in [-0.1, -0.05) is 18.5 Å². The smallest absolute Gasteiger partial charge is 0.227 e. The molecule has 1 atom stereocenters. The minimum absolute atomic E-state index is 0.0266. The van der Waals surface area contributed by atoms with Crippen LogP contribution in [0.25, 0.3) is 0 Å². The summed E-state index contributed by atoms with van der Waals surface area (Å²) in [6.45, 7) is 5.97. The molecule has 1 N–H and O–H groups in total. The number of halogens is 1. The lowest BCUT2D eigenvalue weighted by molar-refractivity contribution is -0.118. The van der Waals surface area contributed by atoms with E-state index in [-0.39, 0.29) is 11.8 Å². The summed E-state index contributed by atoms with van der Waals surface area (Å²) in [6, 6.07) is 5.31. The van der Waals surface area contributed by atoms with Gasteiger partial charge in [-0.3, -0.25) is 9.89 Å². The lowest BCUT2D eigenvalue weighted by Gasteiger charge is -2.21. The molecule has 0 bridgehead atoms. The van der Waals surface area contributed by atoms with Gasteiger partial charge in [-0.2, -0.15) is 5.10 Å². The number of hydrogen-bond acceptors (Lipinski definition) is 3. The minimum Gasteiger partial charge on any atom is -0.495 e. The van der Waals surface area contributed by atoms with Crippen LogP contribution in [0.4, 0.5) is 5.69 Å². The van der Waals surface area contributed by atoms with Crippen LogP contribution in [0.15, 0.2) is 18.2 Å². The molecule has 0 radical (unpaired) electrons. The Balaban J connectivity index is 2.12. The Bertz CT molecular complexity index is 692. The zero-order valence-electron chi connectivity index (χ0n) is 14.1. The molecule has 1 heterocycles. The number of carbonyl (C=O) groups is 1. The van der Waals surface area contributed by atoms with Crippen molar-refractivity contribution in [2.24, 2.45) is 0 Å². The van der Waals surface area contributed by atoms with Crippen molar-refractivity contribution >= 4 is 23.2 Å². The summed E-state index contributed by atoms with van der Waals surface area (Å²) < 4.78 is 5.13. The molecule has 1 aromatic heterocycles. The van der Waals surface area contributed by atoms with Gasteiger partial charge in [0.1, 0.15) is 5.75 Å². The van der Waals surface area contributed by atoms with Gasteiger partial charge in [-0.15, -0.1) is 0 Å². The fraction of sp³-hybridized carbons (Fsp3) is 0.412. The molecule has 23 heavy (non-hydrogen) atoms. The number of amides is 1. The molecule has 0 aliphatic carbocycles. The van der Waals surface area contributed by atoms with Gasteiger partial charge in [0, 0.05) is 24.8 Å². The molecule has 1 unspecified atom stereocenters. The van der Waals surface area contributed by atoms with Crippen LogP contribution in [-0.4, -0.2) is 30.3 Å². The molecule has 0 spiro atoms. The number of ether oxygens (including phenoxy) is 1. The van der Waals surface area contributed by atoms with Gasteiger partial charge in [-0.05, 0) is 43.5 Å². The van der Waals surface area contributed by atoms with E-state index in [1.54, 1.807) is 31.2 Å². The molecule has 2 rings (SSSR count). The van der Waals surface area contributed by atoms with E-state index in [1.807, 2.05) is 26.8 Å². The monoisotopic (exact) mass is 335 g/mol. The van der Waals surface area contributed by atoms with Crippen molar-refractivity contribution in [2.45, 2.75) is 33.1 Å². The number of nitrogens with zero attached hydrogens (tertiary/aromatic N) is 2. The standard InChI is InChI=1S/C17H22ClN3O2/c1-10(17-11(2)19-20-12(17)3)8-16(22)21(4)13-6-7-15(23-5)14(18)9-13/h6-7,9-10H,8H2,1-5H3,(H,19,20). The Morgan fingerprint density at radius 2 is 2.13 bits per heavy atom. The fourth-order valence-corrected chi connectivity index (χ4v) is 3.05. The molecular weight excluding hydrogens is 314 g/mol. The summed E-state index contributed by atoms with van der Waals surface area (Å²) in [6.07, 6.45) is 0.404. The van der Waals surface area contributed by atoms with Crippen LogP contribution in [0, 0.1) is 13.8 Å². The van der Waals surface area contributed by atoms with E-state index in [0.29, 0.717) is 17.2 Å². The zero-order valence-corrected chi connectivity index (χ0v) is 14.9. The predicted molar refractivity (Wildman–Crippen MR) is 92.5 cm³/mol. The van der Waals surface area contributed by atoms with E-state index in [9.17, 15) is 4.79 Å². The van der Waals surface area contributed by atoms with Crippen LogP contribution < -0.4 is 9.64 Å². The van der Waals surface area contributed by atoms with Gasteiger partial charge < -0.3 is 9.64 Å². The number of aromatic amines is 1. The largest absolute Gasteiger partial charge is 0.495 e. The number of benzene rings is 1. The first-order chi connectivity index (χ1) is 10.8. The van der Waals surface area contributed by atoms with Crippen LogP contribution in [0.5, 0.6) is 5.75 Å². The Morgan fingerprint density at radius 3 is 2.65 bits per heavy atom. The Kier molecular flexibility index (Phi) is 5.31. The molecule has 2 aromatic rings. The highest BCUT2D eigenvalue weighted by Gasteiger charge is 2.20. The normalized spacial score (nSPS) is 12.1. The van der Waals surface area contributed by atoms with E-state index in [1.165, 1.54) is 0 Å². The molecule has 1 aromatic carbocycles. The number of aryl methyl sites for hydroxylation is 2. The number of methoxy groups -OCH3 is 1. The van der Waals surface area contributed by atoms with Crippen molar-refractivity contribution in [2.75, 3.05) is 19.1 Å². The van der Waals surface area contributed by atoms with E-state index >= 15 is 0 Å². The van der Waals surface area contributed by atoms with E-state index in [4.69, 9.17) is 16.3 Å². The first-order valence-electron chi connectivity index (χ1n) is 7.46. The highest BCUT2D eigenvalue weighted by molar-refractivity contribution is 6.32. The quantitative estimate of drug-likeness (QED) is 0.903. The van der Waals surface area contributed by atoms with Gasteiger partial charge in [0.25, 0.3) is 0 Å². The molecule has 5 nitrogen and oxygen atoms in total. The first-order valence-corrected chi connectivity index (χ1v) is 7.84. The second-order valence-corrected chi connectivity index (χ2v) is 6.13. The third-order valence-corrected chi connectivity index (χ3v) is 4.35. The summed E-state index contributed by atoms with van der Waals surface area (Å²) in [5.74, 6) is 0.713. The molecule has 6 heteroatoms. The average Bonchev–Trinajstić information content (AvgIpc) is 2.85. The third kappa shape index (κ3) is 3.67. The second kappa shape index (κ2) is 7.04.